The van der Waals surface area contributed by atoms with Gasteiger partial charge in [0.25, 0.3) is 0 Å². The molecule has 0 bridgehead atoms. The maximum Gasteiger partial charge on any atom is 0.0857 e. The second-order valence-corrected chi connectivity index (χ2v) is 2.87. The van der Waals surface area contributed by atoms with Gasteiger partial charge in [-0.2, -0.15) is 10.2 Å². The standard InChI is InChI=1S/C12H10N2.Li/c1-3-7-11(8-4-1)13-14-12-9-5-2-6-10-12;/h1-10H;. The Balaban J connectivity index is 0.00000112. The topological polar surface area (TPSA) is 24.7 Å². The normalized spacial score (nSPS) is 9.87. The minimum absolute atomic E-state index is 0. The van der Waals surface area contributed by atoms with E-state index in [1.165, 1.54) is 0 Å². The molecule has 0 amide bonds. The van der Waals surface area contributed by atoms with Crippen molar-refractivity contribution < 1.29 is 0 Å². The van der Waals surface area contributed by atoms with E-state index < -0.39 is 0 Å². The van der Waals surface area contributed by atoms with E-state index in [9.17, 15) is 0 Å². The molecular weight excluding hydrogens is 179 g/mol. The summed E-state index contributed by atoms with van der Waals surface area (Å²) >= 11 is 0. The predicted octanol–water partition coefficient (Wildman–Crippen LogP) is 3.72. The number of benzene rings is 2. The monoisotopic (exact) mass is 189 g/mol. The van der Waals surface area contributed by atoms with Crippen molar-refractivity contribution in [3.8, 4) is 0 Å². The van der Waals surface area contributed by atoms with Gasteiger partial charge < -0.3 is 0 Å². The molecule has 0 aliphatic carbocycles. The van der Waals surface area contributed by atoms with Gasteiger partial charge >= 0.3 is 0 Å². The van der Waals surface area contributed by atoms with Crippen LogP contribution in [0, 0.1) is 0 Å². The molecule has 2 aromatic rings. The van der Waals surface area contributed by atoms with E-state index in [1.807, 2.05) is 60.7 Å². The van der Waals surface area contributed by atoms with Crippen molar-refractivity contribution in [1.82, 2.24) is 0 Å². The Bertz CT molecular complexity index is 371. The Hall–Kier alpha value is -1.36. The van der Waals surface area contributed by atoms with Crippen LogP contribution in [-0.4, -0.2) is 18.9 Å². The molecule has 69 valence electrons. The fourth-order valence-electron chi connectivity index (χ4n) is 1.10. The Morgan fingerprint density at radius 2 is 0.867 bits per heavy atom. The number of rotatable bonds is 2. The summed E-state index contributed by atoms with van der Waals surface area (Å²) in [7, 11) is 0. The fourth-order valence-corrected chi connectivity index (χ4v) is 1.10. The van der Waals surface area contributed by atoms with Gasteiger partial charge in [-0.05, 0) is 24.3 Å². The van der Waals surface area contributed by atoms with Gasteiger partial charge in [-0.1, -0.05) is 36.4 Å². The molecule has 0 heterocycles. The van der Waals surface area contributed by atoms with Crippen LogP contribution >= 0.6 is 0 Å². The van der Waals surface area contributed by atoms with Crippen LogP contribution in [0.3, 0.4) is 0 Å². The SMILES string of the molecule is [Li].c1ccc(N=Nc2ccccc2)cc1. The Morgan fingerprint density at radius 1 is 0.533 bits per heavy atom. The molecule has 0 saturated carbocycles. The third-order valence-electron chi connectivity index (χ3n) is 1.79. The van der Waals surface area contributed by atoms with Gasteiger partial charge in [0.2, 0.25) is 0 Å². The van der Waals surface area contributed by atoms with Gasteiger partial charge in [0.05, 0.1) is 11.4 Å². The summed E-state index contributed by atoms with van der Waals surface area (Å²) in [6.45, 7) is 0. The molecule has 0 aromatic heterocycles. The van der Waals surface area contributed by atoms with Crippen LogP contribution in [0.5, 0.6) is 0 Å². The van der Waals surface area contributed by atoms with E-state index in [0.717, 1.165) is 11.4 Å². The summed E-state index contributed by atoms with van der Waals surface area (Å²) in [6, 6.07) is 19.4. The van der Waals surface area contributed by atoms with Gasteiger partial charge in [0.15, 0.2) is 0 Å². The minimum Gasteiger partial charge on any atom is -0.151 e. The quantitative estimate of drug-likeness (QED) is 0.508. The third-order valence-corrected chi connectivity index (χ3v) is 1.79. The van der Waals surface area contributed by atoms with E-state index in [4.69, 9.17) is 0 Å². The van der Waals surface area contributed by atoms with Gasteiger partial charge in [-0.3, -0.25) is 0 Å². The van der Waals surface area contributed by atoms with Gasteiger partial charge in [0.1, 0.15) is 0 Å². The number of azo groups is 1. The largest absolute Gasteiger partial charge is 0.151 e. The maximum atomic E-state index is 4.10. The first-order valence-electron chi connectivity index (χ1n) is 4.47. The first kappa shape index (κ1) is 11.7. The Morgan fingerprint density at radius 3 is 1.20 bits per heavy atom. The van der Waals surface area contributed by atoms with Crippen LogP contribution in [0.1, 0.15) is 0 Å². The first-order chi connectivity index (χ1) is 6.95. The zero-order valence-corrected chi connectivity index (χ0v) is 8.67. The molecule has 0 spiro atoms. The Kier molecular flexibility index (Phi) is 4.83. The zero-order valence-electron chi connectivity index (χ0n) is 8.67. The average Bonchev–Trinajstić information content (AvgIpc) is 2.29. The van der Waals surface area contributed by atoms with Gasteiger partial charge in [-0.15, -0.1) is 0 Å². The summed E-state index contributed by atoms with van der Waals surface area (Å²) in [5.74, 6) is 0. The molecule has 0 fully saturated rings. The second-order valence-electron chi connectivity index (χ2n) is 2.87. The zero-order chi connectivity index (χ0) is 9.64. The van der Waals surface area contributed by atoms with Crippen molar-refractivity contribution >= 4 is 30.2 Å². The number of nitrogens with zero attached hydrogens (tertiary/aromatic N) is 2. The van der Waals surface area contributed by atoms with E-state index in [-0.39, 0.29) is 18.9 Å². The molecular formula is C12H10LiN2. The predicted molar refractivity (Wildman–Crippen MR) is 62.8 cm³/mol. The van der Waals surface area contributed by atoms with E-state index in [2.05, 4.69) is 10.2 Å². The van der Waals surface area contributed by atoms with Crippen molar-refractivity contribution in [3.63, 3.8) is 0 Å². The van der Waals surface area contributed by atoms with Crippen molar-refractivity contribution in [2.75, 3.05) is 0 Å². The van der Waals surface area contributed by atoms with Crippen LogP contribution in [0.2, 0.25) is 0 Å². The second kappa shape index (κ2) is 6.18. The first-order valence-corrected chi connectivity index (χ1v) is 4.47. The van der Waals surface area contributed by atoms with Crippen LogP contribution in [0.25, 0.3) is 0 Å². The van der Waals surface area contributed by atoms with Crippen LogP contribution in [-0.2, 0) is 0 Å². The van der Waals surface area contributed by atoms with Crippen LogP contribution in [0.4, 0.5) is 11.4 Å². The Labute approximate surface area is 101 Å². The average molecular weight is 189 g/mol. The third kappa shape index (κ3) is 3.71. The molecule has 0 unspecified atom stereocenters. The minimum atomic E-state index is 0. The van der Waals surface area contributed by atoms with Crippen molar-refractivity contribution in [2.24, 2.45) is 10.2 Å². The molecule has 0 N–H and O–H groups in total. The molecule has 0 saturated heterocycles. The van der Waals surface area contributed by atoms with Crippen molar-refractivity contribution in [3.05, 3.63) is 60.7 Å². The molecule has 1 radical (unpaired) electrons. The molecule has 0 aliphatic heterocycles. The van der Waals surface area contributed by atoms with Gasteiger partial charge in [-0.25, -0.2) is 0 Å². The summed E-state index contributed by atoms with van der Waals surface area (Å²) in [5.41, 5.74) is 1.74. The molecule has 15 heavy (non-hydrogen) atoms. The summed E-state index contributed by atoms with van der Waals surface area (Å²) in [4.78, 5) is 0. The van der Waals surface area contributed by atoms with E-state index in [0.29, 0.717) is 0 Å². The molecule has 2 nitrogen and oxygen atoms in total. The van der Waals surface area contributed by atoms with Crippen LogP contribution < -0.4 is 0 Å². The number of hydrogen-bond donors (Lipinski definition) is 0. The summed E-state index contributed by atoms with van der Waals surface area (Å²) in [5, 5.41) is 8.20. The molecule has 0 atom stereocenters. The number of hydrogen-bond acceptors (Lipinski definition) is 2. The summed E-state index contributed by atoms with van der Waals surface area (Å²) < 4.78 is 0. The molecule has 3 heteroatoms. The van der Waals surface area contributed by atoms with Crippen LogP contribution in [0.15, 0.2) is 70.9 Å². The van der Waals surface area contributed by atoms with Gasteiger partial charge in [0, 0.05) is 18.9 Å². The molecule has 0 aliphatic rings. The van der Waals surface area contributed by atoms with Crippen molar-refractivity contribution in [1.29, 1.82) is 0 Å². The van der Waals surface area contributed by atoms with E-state index >= 15 is 0 Å². The van der Waals surface area contributed by atoms with E-state index in [1.54, 1.807) is 0 Å². The maximum absolute atomic E-state index is 4.10. The fraction of sp³-hybridized carbons (Fsp3) is 0. The smallest absolute Gasteiger partial charge is 0.0857 e. The van der Waals surface area contributed by atoms with Crippen molar-refractivity contribution in [2.45, 2.75) is 0 Å². The summed E-state index contributed by atoms with van der Waals surface area (Å²) in [6.07, 6.45) is 0. The molecule has 2 rings (SSSR count). The molecule has 2 aromatic carbocycles.